The predicted molar refractivity (Wildman–Crippen MR) is 459 cm³/mol. The molecule has 0 spiro atoms. The molecule has 150 heavy (non-hydrogen) atoms. The number of hydrogen-bond acceptors (Lipinski definition) is 62. The number of ether oxygens (including phenoxy) is 25. The monoisotopic (exact) mass is 2200 g/mol. The van der Waals surface area contributed by atoms with Crippen molar-refractivity contribution in [3.05, 3.63) is 0 Å². The van der Waals surface area contributed by atoms with Gasteiger partial charge in [-0.25, -0.2) is 4.79 Å². The van der Waals surface area contributed by atoms with Crippen LogP contribution < -0.4 is 21.7 Å². The molecule has 13 fully saturated rings. The molecule has 0 aliphatic carbocycles. The van der Waals surface area contributed by atoms with Crippen molar-refractivity contribution in [2.24, 2.45) is 5.73 Å². The molecule has 38 N–H and O–H groups in total. The Morgan fingerprint density at radius 3 is 0.807 bits per heavy atom. The Morgan fingerprint density at radius 1 is 0.227 bits per heavy atom. The Morgan fingerprint density at radius 2 is 0.480 bits per heavy atom. The summed E-state index contributed by atoms with van der Waals surface area (Å²) in [5.41, 5.74) is 5.94. The lowest BCUT2D eigenvalue weighted by atomic mass is 9.93. The first-order valence-electron chi connectivity index (χ1n) is 48.2. The highest BCUT2D eigenvalue weighted by Crippen LogP contribution is 2.45. The van der Waals surface area contributed by atoms with Gasteiger partial charge in [-0.05, 0) is 27.7 Å². The van der Waals surface area contributed by atoms with Crippen LogP contribution in [0.5, 0.6) is 0 Å². The summed E-state index contributed by atoms with van der Waals surface area (Å²) in [6.07, 6.45) is -134. The van der Waals surface area contributed by atoms with E-state index in [2.05, 4.69) is 16.0 Å². The minimum absolute atomic E-state index is 0.853. The van der Waals surface area contributed by atoms with Gasteiger partial charge in [0.05, 0.1) is 83.3 Å². The first-order chi connectivity index (χ1) is 70.8. The number of carboxylic acids is 1. The van der Waals surface area contributed by atoms with Crippen LogP contribution in [0.2, 0.25) is 0 Å². The smallest absolute Gasteiger partial charge is 0.335 e. The zero-order valence-corrected chi connectivity index (χ0v) is 80.9. The Kier molecular flexibility index (Phi) is 42.8. The van der Waals surface area contributed by atoms with Gasteiger partial charge in [-0.1, -0.05) is 0 Å². The lowest BCUT2D eigenvalue weighted by molar-refractivity contribution is -0.408. The molecular formula is C84H140N4O62. The first-order valence-corrected chi connectivity index (χ1v) is 48.2. The summed E-state index contributed by atoms with van der Waals surface area (Å²) < 4.78 is 152. The lowest BCUT2D eigenvalue weighted by Crippen LogP contribution is -2.72. The summed E-state index contributed by atoms with van der Waals surface area (Å²) in [6, 6.07) is -8.34. The van der Waals surface area contributed by atoms with Crippen molar-refractivity contribution < 1.29 is 306 Å². The fourth-order valence-electron chi connectivity index (χ4n) is 19.7. The number of amides is 3. The number of carbonyl (C=O) groups excluding carboxylic acids is 3. The molecule has 3 amide bonds. The highest BCUT2D eigenvalue weighted by atomic mass is 16.8. The van der Waals surface area contributed by atoms with Gasteiger partial charge in [0.15, 0.2) is 87.9 Å². The zero-order chi connectivity index (χ0) is 110. The standard InChI is InChI=1S/C84H140N4O62/c1-16-35(99)46(110)54(118)76(127-16)143-62-33(87-21(6)97)74(136-28(13-94)60(62)141-82-68(52(116)41(105)24(9-90)132-82)149-78-56(120)48(112)37(101)18(3)129-78)147-66-50(114)39(103)23(8-89)131-81(66)126-15-30-43(107)64(58(122)80(138-30)140-59-27(12-93)135-73(32(45(59)109)86-20(5)96)146-65-44(108)31(85)72(125)139-70(65)71(123)124)145-84-67(51(115)40(104)26(11-92)134-84)148-75-34(88-22(7)98)63(144-77-55(119)47(111)36(100)17(2)128-77)61(29(14-95)137-75)142-83-69(53(117)42(106)25(10-91)133-83)150-79-57(121)49(113)38(102)19(4)130-79/h16-19,23-70,72-84,89-95,99-122,125H,8-15,85H2,1-7H3,(H,86,96)(H,87,97)(H,88,98)(H,123,124)/t16-,17-,18-,19-,23+,24+,25+,26+,27+,28+,29+,30+,31+,32+,33+,34+,35+,36+,37+,38+,39+,40+,41-,42-,43+,44+,45+,46+,47+,48+,49+,50-,51-,52-,53-,54-,55-,56-,57-,58-,59+,60+,61+,62+,63+,64-,65-,66-,67-,68+,69+,70-,72+,73-,74-,75-,76-,77-,78-,79-,80-,81-,82-,83-,84+/m0/s1. The molecule has 65 atom stereocenters. The van der Waals surface area contributed by atoms with Crippen molar-refractivity contribution in [3.8, 4) is 0 Å². The Hall–Kier alpha value is -4.44. The van der Waals surface area contributed by atoms with E-state index in [1.807, 2.05) is 0 Å². The second-order valence-electron chi connectivity index (χ2n) is 38.7. The summed E-state index contributed by atoms with van der Waals surface area (Å²) in [5.74, 6) is -5.17. The van der Waals surface area contributed by atoms with E-state index < -0.39 is 475 Å². The number of aliphatic hydroxyl groups is 32. The molecule has 13 aliphatic rings. The van der Waals surface area contributed by atoms with E-state index in [1.165, 1.54) is 27.7 Å². The second-order valence-corrected chi connectivity index (χ2v) is 38.7. The number of nitrogens with two attached hydrogens (primary N) is 1. The van der Waals surface area contributed by atoms with Crippen LogP contribution in [-0.4, -0.2) is 644 Å². The van der Waals surface area contributed by atoms with Crippen molar-refractivity contribution in [3.63, 3.8) is 0 Å². The summed E-state index contributed by atoms with van der Waals surface area (Å²) in [5, 5.41) is 382. The number of nitrogens with one attached hydrogen (secondary N) is 3. The number of carboxylic acid groups (broad SMARTS) is 1. The van der Waals surface area contributed by atoms with E-state index in [-0.39, 0.29) is 0 Å². The number of carbonyl (C=O) groups is 4. The van der Waals surface area contributed by atoms with E-state index in [4.69, 9.17) is 124 Å². The van der Waals surface area contributed by atoms with Gasteiger partial charge in [0, 0.05) is 20.8 Å². The average molecular weight is 2200 g/mol. The van der Waals surface area contributed by atoms with Crippen molar-refractivity contribution >= 4 is 23.7 Å². The molecule has 66 nitrogen and oxygen atoms in total. The number of hydrogen-bond donors (Lipinski definition) is 37. The van der Waals surface area contributed by atoms with Crippen LogP contribution in [0, 0.1) is 0 Å². The summed E-state index contributed by atoms with van der Waals surface area (Å²) in [7, 11) is 0. The van der Waals surface area contributed by atoms with Crippen molar-refractivity contribution in [2.75, 3.05) is 52.9 Å². The zero-order valence-electron chi connectivity index (χ0n) is 80.9. The molecule has 13 aliphatic heterocycles. The SMILES string of the molecule is CC(=O)N[C@H]1[C@H](O[C@H]2[C@H](O)[C@@H](N)[C@H](O)O[C@@H]2C(=O)O)O[C@H](CO)[C@@H](O[C@@H]2O[C@H](CO[C@H]3O[C@H](CO)[C@@H](O)[C@H](O)[C@@H]3O[C@@H]3O[C@H](CO)[C@@H](O[C@@H]4O[C@H](CO)[C@H](O)[C@H](O)[C@H]4O[C@@H]4O[C@@H](C)[C@@H](O)[C@@H](O)[C@@H]4O)[C@H](O[C@@H]4O[C@@H](C)[C@@H](O)[C@@H](O)[C@@H]4O)[C@H]3NC(C)=O)[C@@H](O)[C@H](O[C@H]3O[C@H](CO)[C@@H](O)[C@H](O)[C@@H]3O[C@@H]3O[C@H](CO)[C@@H](O[C@@H]4O[C@H](CO)[C@H](O)[C@H](O)[C@H]4O[C@@H]4O[C@@H](C)[C@@H](O)[C@@H](O)[C@@H]4O)[C@H](O[C@@H]4O[C@@H](C)[C@@H](O)[C@@H](O)[C@@H]4O)[C@H]3NC(C)=O)[C@@H]2O)[C@@H]1O. The first kappa shape index (κ1) is 123. The van der Waals surface area contributed by atoms with Crippen LogP contribution in [0.25, 0.3) is 0 Å². The molecule has 0 aromatic heterocycles. The third-order valence-corrected chi connectivity index (χ3v) is 28.3. The molecule has 13 saturated heterocycles. The summed E-state index contributed by atoms with van der Waals surface area (Å²) >= 11 is 0. The molecule has 66 heteroatoms. The summed E-state index contributed by atoms with van der Waals surface area (Å²) in [4.78, 5) is 53.6. The molecule has 0 bridgehead atoms. The topological polar surface area (TPSA) is 1030 Å². The van der Waals surface area contributed by atoms with E-state index >= 15 is 0 Å². The van der Waals surface area contributed by atoms with Crippen LogP contribution in [0.4, 0.5) is 0 Å². The van der Waals surface area contributed by atoms with Gasteiger partial charge < -0.3 is 309 Å². The van der Waals surface area contributed by atoms with Gasteiger partial charge >= 0.3 is 5.97 Å². The second kappa shape index (κ2) is 52.4. The third-order valence-electron chi connectivity index (χ3n) is 28.3. The normalized spacial score (nSPS) is 52.0. The van der Waals surface area contributed by atoms with Crippen LogP contribution >= 0.6 is 0 Å². The largest absolute Gasteiger partial charge is 0.479 e. The average Bonchev–Trinajstić information content (AvgIpc) is 0.757. The maximum atomic E-state index is 13.9. The molecule has 868 valence electrons. The Bertz CT molecular complexity index is 4230. The van der Waals surface area contributed by atoms with E-state index in [0.29, 0.717) is 0 Å². The van der Waals surface area contributed by atoms with Crippen molar-refractivity contribution in [1.29, 1.82) is 0 Å². The summed E-state index contributed by atoms with van der Waals surface area (Å²) in [6.45, 7) is -2.88. The van der Waals surface area contributed by atoms with Gasteiger partial charge in [0.1, 0.15) is 281 Å². The van der Waals surface area contributed by atoms with Crippen LogP contribution in [0.1, 0.15) is 48.5 Å². The minimum atomic E-state index is -2.78. The van der Waals surface area contributed by atoms with Crippen molar-refractivity contribution in [2.45, 2.75) is 447 Å². The van der Waals surface area contributed by atoms with Crippen LogP contribution in [0.15, 0.2) is 0 Å². The highest BCUT2D eigenvalue weighted by Gasteiger charge is 2.65. The van der Waals surface area contributed by atoms with E-state index in [0.717, 1.165) is 20.8 Å². The molecule has 13 rings (SSSR count). The third kappa shape index (κ3) is 26.1. The number of rotatable bonds is 36. The van der Waals surface area contributed by atoms with Gasteiger partial charge in [-0.2, -0.15) is 0 Å². The van der Waals surface area contributed by atoms with Crippen molar-refractivity contribution in [1.82, 2.24) is 16.0 Å². The molecule has 0 unspecified atom stereocenters. The van der Waals surface area contributed by atoms with Gasteiger partial charge in [0.25, 0.3) is 0 Å². The highest BCUT2D eigenvalue weighted by molar-refractivity contribution is 5.74. The Labute approximate surface area is 849 Å². The maximum absolute atomic E-state index is 13.9. The number of aliphatic hydroxyl groups excluding tert-OH is 32. The fraction of sp³-hybridized carbons (Fsp3) is 0.952. The quantitative estimate of drug-likeness (QED) is 0.0277. The van der Waals surface area contributed by atoms with E-state index in [1.54, 1.807) is 0 Å². The van der Waals surface area contributed by atoms with Crippen LogP contribution in [0.3, 0.4) is 0 Å². The van der Waals surface area contributed by atoms with E-state index in [9.17, 15) is 188 Å². The predicted octanol–water partition coefficient (Wildman–Crippen LogP) is -24.7. The molecule has 0 aromatic rings. The number of aliphatic carboxylic acids is 1. The molecule has 13 heterocycles. The molecule has 0 aromatic carbocycles. The lowest BCUT2D eigenvalue weighted by Gasteiger charge is -2.52. The van der Waals surface area contributed by atoms with Gasteiger partial charge in [0.2, 0.25) is 17.7 Å². The maximum Gasteiger partial charge on any atom is 0.335 e. The molecular weight excluding hydrogens is 2060 g/mol. The van der Waals surface area contributed by atoms with Gasteiger partial charge in [-0.15, -0.1) is 0 Å². The fourth-order valence-corrected chi connectivity index (χ4v) is 19.7. The van der Waals surface area contributed by atoms with Crippen LogP contribution in [-0.2, 0) is 138 Å². The Balaban J connectivity index is 0.872. The molecule has 0 saturated carbocycles. The van der Waals surface area contributed by atoms with Gasteiger partial charge in [-0.3, -0.25) is 14.4 Å². The molecule has 0 radical (unpaired) electrons. The minimum Gasteiger partial charge on any atom is -0.479 e.